The molecule has 8 nitrogen and oxygen atoms in total. The highest BCUT2D eigenvalue weighted by atomic mass is 35.5. The number of halogens is 1. The number of ether oxygens (including phenoxy) is 2. The fraction of sp³-hybridized carbons (Fsp3) is 0.333. The summed E-state index contributed by atoms with van der Waals surface area (Å²) in [5, 5.41) is 0.598. The molecule has 0 bridgehead atoms. The highest BCUT2D eigenvalue weighted by Crippen LogP contribution is 2.27. The predicted molar refractivity (Wildman–Crippen MR) is 137 cm³/mol. The third-order valence-electron chi connectivity index (χ3n) is 5.31. The Morgan fingerprint density at radius 1 is 1.14 bits per heavy atom. The van der Waals surface area contributed by atoms with E-state index in [0.29, 0.717) is 9.82 Å². The average molecular weight is 536 g/mol. The number of amides is 1. The lowest BCUT2D eigenvalue weighted by atomic mass is 10.2. The minimum Gasteiger partial charge on any atom is -0.383 e. The lowest BCUT2D eigenvalue weighted by Crippen LogP contribution is -2.36. The zero-order chi connectivity index (χ0) is 25.6. The molecule has 3 aromatic rings. The van der Waals surface area contributed by atoms with E-state index >= 15 is 0 Å². The van der Waals surface area contributed by atoms with Crippen LogP contribution in [0.3, 0.4) is 0 Å². The summed E-state index contributed by atoms with van der Waals surface area (Å²) in [4.78, 5) is 17.7. The number of sulfonamides is 1. The molecule has 0 fully saturated rings. The first-order valence-corrected chi connectivity index (χ1v) is 13.3. The van der Waals surface area contributed by atoms with Crippen LogP contribution in [0.1, 0.15) is 15.9 Å². The molecule has 0 N–H and O–H groups in total. The molecule has 0 aliphatic carbocycles. The second-order valence-electron chi connectivity index (χ2n) is 7.53. The molecular formula is C24H26ClN3O5S2. The van der Waals surface area contributed by atoms with Crippen molar-refractivity contribution in [1.82, 2.24) is 8.87 Å². The molecule has 3 rings (SSSR count). The number of fused-ring (bicyclic) bond motifs is 1. The topological polar surface area (TPSA) is 90.2 Å². The van der Waals surface area contributed by atoms with Crippen LogP contribution in [-0.2, 0) is 26.0 Å². The van der Waals surface area contributed by atoms with Gasteiger partial charge in [0.05, 0.1) is 34.9 Å². The highest BCUT2D eigenvalue weighted by Gasteiger charge is 2.24. The molecular weight excluding hydrogens is 510 g/mol. The van der Waals surface area contributed by atoms with Gasteiger partial charge in [-0.25, -0.2) is 8.42 Å². The monoisotopic (exact) mass is 535 g/mol. The van der Waals surface area contributed by atoms with Gasteiger partial charge in [0.15, 0.2) is 4.80 Å². The maximum Gasteiger partial charge on any atom is 0.279 e. The largest absolute Gasteiger partial charge is 0.383 e. The number of thiazole rings is 1. The molecule has 0 unspecified atom stereocenters. The van der Waals surface area contributed by atoms with Crippen LogP contribution in [0.15, 0.2) is 46.3 Å². The van der Waals surface area contributed by atoms with Crippen molar-refractivity contribution in [2.45, 2.75) is 18.4 Å². The minimum absolute atomic E-state index is 0.0655. The van der Waals surface area contributed by atoms with Crippen molar-refractivity contribution >= 4 is 49.1 Å². The van der Waals surface area contributed by atoms with Crippen LogP contribution < -0.4 is 4.80 Å². The number of rotatable bonds is 10. The molecule has 0 spiro atoms. The molecule has 35 heavy (non-hydrogen) atoms. The molecule has 1 heterocycles. The number of carbonyl (C=O) groups is 1. The predicted octanol–water partition coefficient (Wildman–Crippen LogP) is 3.32. The van der Waals surface area contributed by atoms with Crippen LogP contribution in [0.4, 0.5) is 0 Å². The highest BCUT2D eigenvalue weighted by molar-refractivity contribution is 7.89. The number of hydrogen-bond donors (Lipinski definition) is 0. The van der Waals surface area contributed by atoms with E-state index in [9.17, 15) is 13.2 Å². The number of terminal acetylenes is 1. The van der Waals surface area contributed by atoms with E-state index in [1.807, 2.05) is 13.0 Å². The SMILES string of the molecule is C#CCn1c(=NC(=O)c2ccc(S(=O)(=O)N(CCOC)CCOC)cc2)sc2ccc(Cl)c(C)c21. The maximum absolute atomic E-state index is 13.1. The first kappa shape index (κ1) is 27.1. The van der Waals surface area contributed by atoms with Crippen molar-refractivity contribution < 1.29 is 22.7 Å². The van der Waals surface area contributed by atoms with Crippen LogP contribution in [0.25, 0.3) is 10.2 Å². The van der Waals surface area contributed by atoms with E-state index in [1.54, 1.807) is 10.6 Å². The standard InChI is InChI=1S/C24H26ClN3O5S2/c1-5-12-28-22-17(2)20(25)10-11-21(22)34-24(28)26-23(29)18-6-8-19(9-7-18)35(30,31)27(13-15-32-3)14-16-33-4/h1,6-11H,12-16H2,2-4H3. The second kappa shape index (κ2) is 11.9. The van der Waals surface area contributed by atoms with E-state index in [0.717, 1.165) is 15.8 Å². The minimum atomic E-state index is -3.79. The van der Waals surface area contributed by atoms with Gasteiger partial charge in [0.2, 0.25) is 10.0 Å². The Balaban J connectivity index is 1.95. The summed E-state index contributed by atoms with van der Waals surface area (Å²) in [5.74, 6) is 2.08. The number of aryl methyl sites for hydroxylation is 1. The molecule has 11 heteroatoms. The summed E-state index contributed by atoms with van der Waals surface area (Å²) in [6.45, 7) is 2.97. The zero-order valence-electron chi connectivity index (χ0n) is 19.7. The van der Waals surface area contributed by atoms with Gasteiger partial charge in [-0.05, 0) is 48.9 Å². The van der Waals surface area contributed by atoms with E-state index in [-0.39, 0.29) is 43.3 Å². The molecule has 186 valence electrons. The van der Waals surface area contributed by atoms with Gasteiger partial charge < -0.3 is 14.0 Å². The van der Waals surface area contributed by atoms with Crippen molar-refractivity contribution in [2.24, 2.45) is 4.99 Å². The Morgan fingerprint density at radius 3 is 2.34 bits per heavy atom. The fourth-order valence-corrected chi connectivity index (χ4v) is 6.09. The Morgan fingerprint density at radius 2 is 1.77 bits per heavy atom. The Hall–Kier alpha value is -2.52. The Bertz CT molecular complexity index is 1410. The van der Waals surface area contributed by atoms with E-state index < -0.39 is 15.9 Å². The van der Waals surface area contributed by atoms with Gasteiger partial charge in [-0.15, -0.1) is 6.42 Å². The maximum atomic E-state index is 13.1. The summed E-state index contributed by atoms with van der Waals surface area (Å²) in [6.07, 6.45) is 5.55. The molecule has 0 aliphatic rings. The molecule has 0 aliphatic heterocycles. The normalized spacial score (nSPS) is 12.4. The average Bonchev–Trinajstić information content (AvgIpc) is 3.19. The van der Waals surface area contributed by atoms with Gasteiger partial charge in [-0.3, -0.25) is 4.79 Å². The van der Waals surface area contributed by atoms with Gasteiger partial charge in [0, 0.05) is 37.9 Å². The molecule has 0 saturated carbocycles. The summed E-state index contributed by atoms with van der Waals surface area (Å²) in [7, 11) is -0.783. The van der Waals surface area contributed by atoms with Gasteiger partial charge in [0.25, 0.3) is 5.91 Å². The van der Waals surface area contributed by atoms with Crippen molar-refractivity contribution in [2.75, 3.05) is 40.5 Å². The fourth-order valence-electron chi connectivity index (χ4n) is 3.45. The van der Waals surface area contributed by atoms with Crippen LogP contribution in [0.2, 0.25) is 5.02 Å². The Labute approximate surface area is 213 Å². The summed E-state index contributed by atoms with van der Waals surface area (Å²) in [5.41, 5.74) is 1.94. The number of benzene rings is 2. The number of nitrogens with zero attached hydrogens (tertiary/aromatic N) is 3. The number of hydrogen-bond acceptors (Lipinski definition) is 6. The molecule has 2 aromatic carbocycles. The van der Waals surface area contributed by atoms with Crippen LogP contribution in [0, 0.1) is 19.3 Å². The number of aromatic nitrogens is 1. The van der Waals surface area contributed by atoms with Gasteiger partial charge in [0.1, 0.15) is 0 Å². The van der Waals surface area contributed by atoms with Crippen LogP contribution in [0.5, 0.6) is 0 Å². The van der Waals surface area contributed by atoms with Crippen molar-refractivity contribution in [3.8, 4) is 12.3 Å². The van der Waals surface area contributed by atoms with Crippen LogP contribution >= 0.6 is 22.9 Å². The third kappa shape index (κ3) is 6.01. The second-order valence-corrected chi connectivity index (χ2v) is 10.9. The van der Waals surface area contributed by atoms with Gasteiger partial charge in [-0.2, -0.15) is 9.30 Å². The number of carbonyl (C=O) groups excluding carboxylic acids is 1. The third-order valence-corrected chi connectivity index (χ3v) is 8.67. The quantitative estimate of drug-likeness (QED) is 0.371. The lowest BCUT2D eigenvalue weighted by molar-refractivity contribution is 0.0998. The molecule has 1 amide bonds. The lowest BCUT2D eigenvalue weighted by Gasteiger charge is -2.21. The van der Waals surface area contributed by atoms with E-state index in [4.69, 9.17) is 27.5 Å². The van der Waals surface area contributed by atoms with Crippen LogP contribution in [-0.4, -0.2) is 63.7 Å². The summed E-state index contributed by atoms with van der Waals surface area (Å²) >= 11 is 7.61. The van der Waals surface area contributed by atoms with Crippen molar-refractivity contribution in [3.63, 3.8) is 0 Å². The molecule has 0 atom stereocenters. The van der Waals surface area contributed by atoms with Crippen molar-refractivity contribution in [1.29, 1.82) is 0 Å². The van der Waals surface area contributed by atoms with Crippen molar-refractivity contribution in [3.05, 3.63) is 57.3 Å². The van der Waals surface area contributed by atoms with Gasteiger partial charge >= 0.3 is 0 Å². The van der Waals surface area contributed by atoms with Gasteiger partial charge in [-0.1, -0.05) is 28.9 Å². The first-order chi connectivity index (χ1) is 16.7. The van der Waals surface area contributed by atoms with E-state index in [2.05, 4.69) is 10.9 Å². The number of methoxy groups -OCH3 is 2. The zero-order valence-corrected chi connectivity index (χ0v) is 22.0. The van der Waals surface area contributed by atoms with E-state index in [1.165, 1.54) is 54.1 Å². The molecule has 0 radical (unpaired) electrons. The summed E-state index contributed by atoms with van der Waals surface area (Å²) < 4.78 is 40.2. The summed E-state index contributed by atoms with van der Waals surface area (Å²) in [6, 6.07) is 9.35. The first-order valence-electron chi connectivity index (χ1n) is 10.6. The smallest absolute Gasteiger partial charge is 0.279 e. The molecule has 1 aromatic heterocycles. The molecule has 0 saturated heterocycles. The Kier molecular flexibility index (Phi) is 9.24.